The molecule has 2 aromatic rings. The van der Waals surface area contributed by atoms with Gasteiger partial charge in [0.25, 0.3) is 0 Å². The van der Waals surface area contributed by atoms with Gasteiger partial charge in [0.05, 0.1) is 4.90 Å². The van der Waals surface area contributed by atoms with E-state index in [-0.39, 0.29) is 30.2 Å². The van der Waals surface area contributed by atoms with Crippen LogP contribution in [0.5, 0.6) is 5.75 Å². The van der Waals surface area contributed by atoms with Crippen molar-refractivity contribution in [2.24, 2.45) is 0 Å². The quantitative estimate of drug-likeness (QED) is 0.785. The average Bonchev–Trinajstić information content (AvgIpc) is 3.35. The third-order valence-corrected chi connectivity index (χ3v) is 5.49. The van der Waals surface area contributed by atoms with Crippen molar-refractivity contribution in [2.45, 2.75) is 29.9 Å². The standard InChI is InChI=1S/C17H16FNO5S/c18-13-3-1-12(2-4-13)11-24-14-5-7-15(8-6-14)25(22,23)19-17(9-10-17)16(20)21/h1-8,19H,9-11H2,(H,20,21). The molecule has 1 fully saturated rings. The van der Waals surface area contributed by atoms with Gasteiger partial charge in [0, 0.05) is 0 Å². The molecule has 0 amide bonds. The Morgan fingerprint density at radius 2 is 1.72 bits per heavy atom. The number of nitrogens with one attached hydrogen (secondary N) is 1. The number of benzene rings is 2. The summed E-state index contributed by atoms with van der Waals surface area (Å²) in [6.45, 7) is 0.215. The van der Waals surface area contributed by atoms with E-state index in [2.05, 4.69) is 4.72 Å². The van der Waals surface area contributed by atoms with Gasteiger partial charge in [0.1, 0.15) is 23.7 Å². The van der Waals surface area contributed by atoms with E-state index in [1.165, 1.54) is 36.4 Å². The molecule has 8 heteroatoms. The van der Waals surface area contributed by atoms with Crippen LogP contribution in [-0.4, -0.2) is 25.0 Å². The van der Waals surface area contributed by atoms with Crippen molar-refractivity contribution in [3.05, 3.63) is 59.9 Å². The minimum absolute atomic E-state index is 0.0332. The maximum atomic E-state index is 12.8. The largest absolute Gasteiger partial charge is 0.489 e. The van der Waals surface area contributed by atoms with Crippen LogP contribution in [0.1, 0.15) is 18.4 Å². The van der Waals surface area contributed by atoms with Gasteiger partial charge in [-0.25, -0.2) is 12.8 Å². The molecule has 0 atom stereocenters. The Labute approximate surface area is 144 Å². The fraction of sp³-hybridized carbons (Fsp3) is 0.235. The first-order chi connectivity index (χ1) is 11.8. The fourth-order valence-corrected chi connectivity index (χ4v) is 3.68. The number of halogens is 1. The summed E-state index contributed by atoms with van der Waals surface area (Å²) in [6, 6.07) is 11.5. The highest BCUT2D eigenvalue weighted by Crippen LogP contribution is 2.37. The normalized spacial score (nSPS) is 15.6. The van der Waals surface area contributed by atoms with Crippen LogP contribution in [0.3, 0.4) is 0 Å². The number of hydrogen-bond acceptors (Lipinski definition) is 4. The molecule has 25 heavy (non-hydrogen) atoms. The summed E-state index contributed by atoms with van der Waals surface area (Å²) in [5, 5.41) is 9.08. The van der Waals surface area contributed by atoms with E-state index in [0.717, 1.165) is 5.56 Å². The molecule has 0 heterocycles. The second kappa shape index (κ2) is 6.45. The number of sulfonamides is 1. The predicted octanol–water partition coefficient (Wildman–Crippen LogP) is 2.30. The monoisotopic (exact) mass is 365 g/mol. The number of ether oxygens (including phenoxy) is 1. The highest BCUT2D eigenvalue weighted by atomic mass is 32.2. The number of hydrogen-bond donors (Lipinski definition) is 2. The smallest absolute Gasteiger partial charge is 0.324 e. The molecule has 1 saturated carbocycles. The van der Waals surface area contributed by atoms with Gasteiger partial charge in [0.2, 0.25) is 10.0 Å². The summed E-state index contributed by atoms with van der Waals surface area (Å²) in [5.41, 5.74) is -0.603. The molecule has 0 aromatic heterocycles. The maximum Gasteiger partial charge on any atom is 0.324 e. The molecule has 2 aromatic carbocycles. The lowest BCUT2D eigenvalue weighted by Crippen LogP contribution is -2.42. The summed E-state index contributed by atoms with van der Waals surface area (Å²) in [6.07, 6.45) is 0.556. The topological polar surface area (TPSA) is 92.7 Å². The van der Waals surface area contributed by atoms with Crippen LogP contribution in [0.15, 0.2) is 53.4 Å². The molecular weight excluding hydrogens is 349 g/mol. The summed E-state index contributed by atoms with van der Waals surface area (Å²) in [4.78, 5) is 11.1. The summed E-state index contributed by atoms with van der Waals surface area (Å²) in [5.74, 6) is -1.06. The third-order valence-electron chi connectivity index (χ3n) is 3.94. The lowest BCUT2D eigenvalue weighted by molar-refractivity contribution is -0.140. The molecule has 3 rings (SSSR count). The van der Waals surface area contributed by atoms with Gasteiger partial charge in [0.15, 0.2) is 0 Å². The predicted molar refractivity (Wildman–Crippen MR) is 87.1 cm³/mol. The molecule has 0 spiro atoms. The van der Waals surface area contributed by atoms with Crippen molar-refractivity contribution in [1.82, 2.24) is 4.72 Å². The zero-order valence-electron chi connectivity index (χ0n) is 13.1. The molecule has 0 unspecified atom stereocenters. The molecule has 1 aliphatic rings. The van der Waals surface area contributed by atoms with Crippen LogP contribution in [0.25, 0.3) is 0 Å². The molecule has 2 N–H and O–H groups in total. The summed E-state index contributed by atoms with van der Waals surface area (Å²) < 4.78 is 45.1. The van der Waals surface area contributed by atoms with E-state index < -0.39 is 21.5 Å². The number of aliphatic carboxylic acids is 1. The first-order valence-electron chi connectivity index (χ1n) is 7.55. The molecule has 0 radical (unpaired) electrons. The van der Waals surface area contributed by atoms with Crippen LogP contribution in [-0.2, 0) is 21.4 Å². The first kappa shape index (κ1) is 17.4. The van der Waals surface area contributed by atoms with Crippen LogP contribution in [0.4, 0.5) is 4.39 Å². The Balaban J connectivity index is 1.65. The fourth-order valence-electron chi connectivity index (χ4n) is 2.26. The Kier molecular flexibility index (Phi) is 4.49. The Morgan fingerprint density at radius 1 is 1.12 bits per heavy atom. The van der Waals surface area contributed by atoms with E-state index in [0.29, 0.717) is 5.75 Å². The van der Waals surface area contributed by atoms with Gasteiger partial charge >= 0.3 is 5.97 Å². The summed E-state index contributed by atoms with van der Waals surface area (Å²) in [7, 11) is -3.92. The highest BCUT2D eigenvalue weighted by molar-refractivity contribution is 7.89. The molecular formula is C17H16FNO5S. The molecule has 0 saturated heterocycles. The van der Waals surface area contributed by atoms with Crippen LogP contribution < -0.4 is 9.46 Å². The Morgan fingerprint density at radius 3 is 2.24 bits per heavy atom. The zero-order chi connectivity index (χ0) is 18.1. The van der Waals surface area contributed by atoms with Gasteiger partial charge in [-0.3, -0.25) is 4.79 Å². The lowest BCUT2D eigenvalue weighted by atomic mass is 10.2. The van der Waals surface area contributed by atoms with Crippen molar-refractivity contribution < 1.29 is 27.4 Å². The SMILES string of the molecule is O=C(O)C1(NS(=O)(=O)c2ccc(OCc3ccc(F)cc3)cc2)CC1. The van der Waals surface area contributed by atoms with Crippen molar-refractivity contribution >= 4 is 16.0 Å². The first-order valence-corrected chi connectivity index (χ1v) is 9.04. The van der Waals surface area contributed by atoms with Crippen molar-refractivity contribution in [1.29, 1.82) is 0 Å². The Hall–Kier alpha value is -2.45. The van der Waals surface area contributed by atoms with E-state index in [1.54, 1.807) is 12.1 Å². The van der Waals surface area contributed by atoms with Gasteiger partial charge in [-0.15, -0.1) is 0 Å². The minimum atomic E-state index is -3.92. The average molecular weight is 365 g/mol. The third kappa shape index (κ3) is 3.97. The van der Waals surface area contributed by atoms with Gasteiger partial charge in [-0.2, -0.15) is 4.72 Å². The van der Waals surface area contributed by atoms with E-state index >= 15 is 0 Å². The number of carboxylic acid groups (broad SMARTS) is 1. The zero-order valence-corrected chi connectivity index (χ0v) is 13.9. The Bertz CT molecular complexity index is 874. The number of carboxylic acids is 1. The molecule has 6 nitrogen and oxygen atoms in total. The van der Waals surface area contributed by atoms with Crippen LogP contribution in [0, 0.1) is 5.82 Å². The van der Waals surface area contributed by atoms with Crippen molar-refractivity contribution in [3.63, 3.8) is 0 Å². The van der Waals surface area contributed by atoms with Gasteiger partial charge < -0.3 is 9.84 Å². The maximum absolute atomic E-state index is 12.8. The lowest BCUT2D eigenvalue weighted by Gasteiger charge is -2.13. The molecule has 0 aliphatic heterocycles. The summed E-state index contributed by atoms with van der Waals surface area (Å²) >= 11 is 0. The molecule has 1 aliphatic carbocycles. The molecule has 132 valence electrons. The van der Waals surface area contributed by atoms with Gasteiger partial charge in [-0.1, -0.05) is 12.1 Å². The van der Waals surface area contributed by atoms with Crippen molar-refractivity contribution in [3.8, 4) is 5.75 Å². The second-order valence-electron chi connectivity index (χ2n) is 5.88. The highest BCUT2D eigenvalue weighted by Gasteiger charge is 2.53. The van der Waals surface area contributed by atoms with E-state index in [9.17, 15) is 17.6 Å². The van der Waals surface area contributed by atoms with Crippen LogP contribution in [0.2, 0.25) is 0 Å². The van der Waals surface area contributed by atoms with E-state index in [1.807, 2.05) is 0 Å². The molecule has 0 bridgehead atoms. The van der Waals surface area contributed by atoms with E-state index in [4.69, 9.17) is 9.84 Å². The minimum Gasteiger partial charge on any atom is -0.489 e. The van der Waals surface area contributed by atoms with Gasteiger partial charge in [-0.05, 0) is 54.8 Å². The second-order valence-corrected chi connectivity index (χ2v) is 7.56. The number of carbonyl (C=O) groups is 1. The van der Waals surface area contributed by atoms with Crippen molar-refractivity contribution in [2.75, 3.05) is 0 Å². The van der Waals surface area contributed by atoms with Crippen LogP contribution >= 0.6 is 0 Å². The number of rotatable bonds is 7.